The molecular formula is C36H39N3O6. The molecule has 2 atom stereocenters. The Morgan fingerprint density at radius 1 is 0.933 bits per heavy atom. The smallest absolute Gasteiger partial charge is 0.336 e. The predicted octanol–water partition coefficient (Wildman–Crippen LogP) is 6.23. The van der Waals surface area contributed by atoms with Crippen molar-refractivity contribution in [2.45, 2.75) is 44.4 Å². The number of non-ortho nitro benzene ring substituents is 1. The number of carbonyl (C=O) groups excluding carboxylic acids is 2. The van der Waals surface area contributed by atoms with E-state index in [-0.39, 0.29) is 23.3 Å². The molecule has 0 spiro atoms. The lowest BCUT2D eigenvalue weighted by molar-refractivity contribution is -0.384. The fourth-order valence-electron chi connectivity index (χ4n) is 6.85. The Balaban J connectivity index is 1.24. The molecule has 0 amide bonds. The first kappa shape index (κ1) is 31.8. The third-order valence-electron chi connectivity index (χ3n) is 9.18. The van der Waals surface area contributed by atoms with Gasteiger partial charge in [-0.05, 0) is 62.9 Å². The zero-order chi connectivity index (χ0) is 32.0. The van der Waals surface area contributed by atoms with Crippen LogP contribution in [0, 0.1) is 16.0 Å². The number of rotatable bonds is 10. The van der Waals surface area contributed by atoms with Crippen molar-refractivity contribution >= 4 is 23.3 Å². The minimum absolute atomic E-state index is 0.0296. The number of ether oxygens (including phenoxy) is 2. The van der Waals surface area contributed by atoms with Crippen LogP contribution in [0.15, 0.2) is 101 Å². The fraction of sp³-hybridized carbons (Fsp3) is 0.361. The van der Waals surface area contributed by atoms with E-state index >= 15 is 0 Å². The molecule has 0 bridgehead atoms. The molecule has 3 aromatic rings. The molecule has 234 valence electrons. The number of esters is 2. The van der Waals surface area contributed by atoms with Gasteiger partial charge in [0, 0.05) is 41.4 Å². The van der Waals surface area contributed by atoms with Crippen molar-refractivity contribution < 1.29 is 24.0 Å². The highest BCUT2D eigenvalue weighted by Crippen LogP contribution is 2.42. The molecule has 0 N–H and O–H groups in total. The molecule has 9 heteroatoms. The monoisotopic (exact) mass is 609 g/mol. The number of hydrogen-bond donors (Lipinski definition) is 0. The Bertz CT molecular complexity index is 1530. The Labute approximate surface area is 263 Å². The van der Waals surface area contributed by atoms with Crippen LogP contribution < -0.4 is 0 Å². The van der Waals surface area contributed by atoms with E-state index in [0.717, 1.165) is 32.5 Å². The van der Waals surface area contributed by atoms with Crippen molar-refractivity contribution in [1.29, 1.82) is 0 Å². The highest BCUT2D eigenvalue weighted by atomic mass is 16.6. The molecule has 0 saturated carbocycles. The molecular weight excluding hydrogens is 570 g/mol. The van der Waals surface area contributed by atoms with Gasteiger partial charge in [-0.1, -0.05) is 72.8 Å². The van der Waals surface area contributed by atoms with Gasteiger partial charge in [-0.3, -0.25) is 19.9 Å². The Hall–Kier alpha value is -4.63. The highest BCUT2D eigenvalue weighted by Gasteiger charge is 2.42. The van der Waals surface area contributed by atoms with E-state index in [0.29, 0.717) is 23.4 Å². The molecule has 2 heterocycles. The van der Waals surface area contributed by atoms with E-state index in [2.05, 4.69) is 70.6 Å². The quantitative estimate of drug-likeness (QED) is 0.116. The second-order valence-electron chi connectivity index (χ2n) is 11.7. The SMILES string of the molecule is COC(=O)C1C(C)=NC(C)=C(C(=O)OCCCN2CCC(c3ccccc3)(c3ccccc3)CC2)C1c1ccc([N+](=O)[O-])cc1. The topological polar surface area (TPSA) is 111 Å². The molecule has 5 rings (SSSR count). The lowest BCUT2D eigenvalue weighted by atomic mass is 9.68. The maximum Gasteiger partial charge on any atom is 0.336 e. The summed E-state index contributed by atoms with van der Waals surface area (Å²) in [5, 5.41) is 11.2. The fourth-order valence-corrected chi connectivity index (χ4v) is 6.85. The van der Waals surface area contributed by atoms with Crippen molar-refractivity contribution in [2.24, 2.45) is 10.9 Å². The summed E-state index contributed by atoms with van der Waals surface area (Å²) in [5.41, 5.74) is 4.36. The predicted molar refractivity (Wildman–Crippen MR) is 172 cm³/mol. The molecule has 1 fully saturated rings. The number of hydrogen-bond acceptors (Lipinski definition) is 8. The molecule has 0 aromatic heterocycles. The van der Waals surface area contributed by atoms with Crippen LogP contribution in [-0.4, -0.2) is 60.8 Å². The first-order valence-electron chi connectivity index (χ1n) is 15.3. The maximum atomic E-state index is 13.6. The zero-order valence-corrected chi connectivity index (χ0v) is 26.0. The standard InChI is InChI=1S/C36H39N3O6/c1-25-31(34(40)44-3)33(27-15-17-30(18-16-27)39(42)43)32(26(2)37-25)35(41)45-24-10-21-38-22-19-36(20-23-38,28-11-6-4-7-12-28)29-13-8-5-9-14-29/h4-9,11-18,31,33H,10,19-24H2,1-3H3. The summed E-state index contributed by atoms with van der Waals surface area (Å²) in [6, 6.07) is 27.3. The van der Waals surface area contributed by atoms with Gasteiger partial charge in [-0.15, -0.1) is 0 Å². The summed E-state index contributed by atoms with van der Waals surface area (Å²) in [7, 11) is 1.29. The number of likely N-dealkylation sites (tertiary alicyclic amines) is 1. The summed E-state index contributed by atoms with van der Waals surface area (Å²) in [6.45, 7) is 6.30. The van der Waals surface area contributed by atoms with Gasteiger partial charge in [0.05, 0.1) is 24.2 Å². The van der Waals surface area contributed by atoms with Crippen LogP contribution in [0.5, 0.6) is 0 Å². The van der Waals surface area contributed by atoms with E-state index in [4.69, 9.17) is 9.47 Å². The third kappa shape index (κ3) is 6.73. The minimum atomic E-state index is -0.856. The summed E-state index contributed by atoms with van der Waals surface area (Å²) in [6.07, 6.45) is 2.65. The first-order chi connectivity index (χ1) is 21.7. The molecule has 9 nitrogen and oxygen atoms in total. The number of carbonyl (C=O) groups is 2. The van der Waals surface area contributed by atoms with Crippen LogP contribution in [0.4, 0.5) is 5.69 Å². The highest BCUT2D eigenvalue weighted by molar-refractivity contribution is 6.07. The van der Waals surface area contributed by atoms with Crippen molar-refractivity contribution in [2.75, 3.05) is 33.4 Å². The van der Waals surface area contributed by atoms with Crippen LogP contribution in [0.3, 0.4) is 0 Å². The van der Waals surface area contributed by atoms with Crippen molar-refractivity contribution in [3.05, 3.63) is 123 Å². The van der Waals surface area contributed by atoms with Crippen molar-refractivity contribution in [3.63, 3.8) is 0 Å². The number of methoxy groups -OCH3 is 1. The minimum Gasteiger partial charge on any atom is -0.468 e. The zero-order valence-electron chi connectivity index (χ0n) is 26.0. The van der Waals surface area contributed by atoms with Crippen LogP contribution >= 0.6 is 0 Å². The molecule has 3 aromatic carbocycles. The van der Waals surface area contributed by atoms with Crippen molar-refractivity contribution in [1.82, 2.24) is 4.90 Å². The molecule has 2 aliphatic heterocycles. The second kappa shape index (κ2) is 14.0. The first-order valence-corrected chi connectivity index (χ1v) is 15.3. The van der Waals surface area contributed by atoms with E-state index in [1.54, 1.807) is 26.0 Å². The molecule has 45 heavy (non-hydrogen) atoms. The van der Waals surface area contributed by atoms with E-state index in [1.807, 2.05) is 0 Å². The van der Waals surface area contributed by atoms with Gasteiger partial charge in [0.25, 0.3) is 5.69 Å². The number of nitro benzene ring substituents is 1. The molecule has 2 unspecified atom stereocenters. The van der Waals surface area contributed by atoms with Gasteiger partial charge in [-0.25, -0.2) is 4.79 Å². The molecule has 0 aliphatic carbocycles. The van der Waals surface area contributed by atoms with Crippen LogP contribution in [0.1, 0.15) is 55.7 Å². The van der Waals surface area contributed by atoms with Gasteiger partial charge >= 0.3 is 11.9 Å². The van der Waals surface area contributed by atoms with E-state index in [9.17, 15) is 19.7 Å². The third-order valence-corrected chi connectivity index (χ3v) is 9.18. The summed E-state index contributed by atoms with van der Waals surface area (Å²) in [4.78, 5) is 44.1. The maximum absolute atomic E-state index is 13.6. The number of benzene rings is 3. The summed E-state index contributed by atoms with van der Waals surface area (Å²) < 4.78 is 10.8. The molecule has 2 aliphatic rings. The average molecular weight is 610 g/mol. The van der Waals surface area contributed by atoms with E-state index in [1.165, 1.54) is 30.4 Å². The van der Waals surface area contributed by atoms with Gasteiger partial charge in [0.1, 0.15) is 5.92 Å². The summed E-state index contributed by atoms with van der Waals surface area (Å²) >= 11 is 0. The number of aliphatic imine (C=N–C) groups is 1. The number of nitro groups is 1. The van der Waals surface area contributed by atoms with Crippen LogP contribution in [-0.2, 0) is 24.5 Å². The Morgan fingerprint density at radius 2 is 1.51 bits per heavy atom. The van der Waals surface area contributed by atoms with Gasteiger partial charge in [-0.2, -0.15) is 0 Å². The van der Waals surface area contributed by atoms with Gasteiger partial charge in [0.15, 0.2) is 0 Å². The van der Waals surface area contributed by atoms with Crippen molar-refractivity contribution in [3.8, 4) is 0 Å². The van der Waals surface area contributed by atoms with E-state index < -0.39 is 28.7 Å². The normalized spacial score (nSPS) is 19.8. The van der Waals surface area contributed by atoms with Gasteiger partial charge in [0.2, 0.25) is 0 Å². The molecule has 1 saturated heterocycles. The lowest BCUT2D eigenvalue weighted by Gasteiger charge is -2.43. The number of allylic oxidation sites excluding steroid dienone is 1. The second-order valence-corrected chi connectivity index (χ2v) is 11.7. The molecule has 0 radical (unpaired) electrons. The van der Waals surface area contributed by atoms with Crippen LogP contribution in [0.2, 0.25) is 0 Å². The number of piperidine rings is 1. The number of nitrogens with zero attached hydrogens (tertiary/aromatic N) is 3. The lowest BCUT2D eigenvalue weighted by Crippen LogP contribution is -2.43. The average Bonchev–Trinajstić information content (AvgIpc) is 3.07. The largest absolute Gasteiger partial charge is 0.468 e. The van der Waals surface area contributed by atoms with Crippen LogP contribution in [0.25, 0.3) is 0 Å². The Morgan fingerprint density at radius 3 is 2.04 bits per heavy atom. The Kier molecular flexibility index (Phi) is 9.88. The van der Waals surface area contributed by atoms with Gasteiger partial charge < -0.3 is 14.4 Å². The summed E-state index contributed by atoms with van der Waals surface area (Å²) in [5.74, 6) is -2.68.